The Kier molecular flexibility index (Phi) is 5.94. The van der Waals surface area contributed by atoms with Gasteiger partial charge in [-0.1, -0.05) is 48.9 Å². The summed E-state index contributed by atoms with van der Waals surface area (Å²) in [5.41, 5.74) is 4.01. The van der Waals surface area contributed by atoms with Gasteiger partial charge in [0.1, 0.15) is 0 Å². The molecule has 2 unspecified atom stereocenters. The van der Waals surface area contributed by atoms with Crippen molar-refractivity contribution in [2.24, 2.45) is 5.92 Å². The predicted molar refractivity (Wildman–Crippen MR) is 133 cm³/mol. The van der Waals surface area contributed by atoms with Gasteiger partial charge in [-0.3, -0.25) is 4.79 Å². The van der Waals surface area contributed by atoms with E-state index < -0.39 is 0 Å². The van der Waals surface area contributed by atoms with E-state index in [4.69, 9.17) is 16.6 Å². The number of rotatable bonds is 5. The summed E-state index contributed by atoms with van der Waals surface area (Å²) >= 11 is 6.24. The Morgan fingerprint density at radius 3 is 2.52 bits per heavy atom. The smallest absolute Gasteiger partial charge is 0.251 e. The molecule has 3 N–H and O–H groups in total. The molecule has 0 spiro atoms. The highest BCUT2D eigenvalue weighted by atomic mass is 35.5. The maximum atomic E-state index is 12.6. The number of carbonyl (C=O) groups is 1. The van der Waals surface area contributed by atoms with Crippen molar-refractivity contribution in [2.75, 3.05) is 18.4 Å². The minimum absolute atomic E-state index is 0.0627. The molecule has 5 rings (SSSR count). The number of aromatic nitrogens is 2. The molecule has 1 aliphatic rings. The second-order valence-electron chi connectivity index (χ2n) is 8.34. The van der Waals surface area contributed by atoms with Crippen LogP contribution in [0.2, 0.25) is 5.02 Å². The van der Waals surface area contributed by atoms with Crippen LogP contribution in [0.5, 0.6) is 0 Å². The van der Waals surface area contributed by atoms with Crippen molar-refractivity contribution in [3.63, 3.8) is 0 Å². The highest BCUT2D eigenvalue weighted by Crippen LogP contribution is 2.30. The predicted octanol–water partition coefficient (Wildman–Crippen LogP) is 5.03. The second-order valence-corrected chi connectivity index (χ2v) is 8.78. The number of amides is 1. The van der Waals surface area contributed by atoms with E-state index >= 15 is 0 Å². The monoisotopic (exact) mass is 457 g/mol. The van der Waals surface area contributed by atoms with Crippen LogP contribution in [0.1, 0.15) is 17.3 Å². The van der Waals surface area contributed by atoms with E-state index in [0.717, 1.165) is 40.9 Å². The average molecular weight is 458 g/mol. The van der Waals surface area contributed by atoms with Crippen LogP contribution >= 0.6 is 11.6 Å². The summed E-state index contributed by atoms with van der Waals surface area (Å²) < 4.78 is 0. The number of benzene rings is 3. The second kappa shape index (κ2) is 9.17. The first-order chi connectivity index (χ1) is 16.1. The van der Waals surface area contributed by atoms with E-state index in [1.165, 1.54) is 0 Å². The molecule has 7 heteroatoms. The van der Waals surface area contributed by atoms with Crippen LogP contribution in [0.4, 0.5) is 11.6 Å². The van der Waals surface area contributed by atoms with E-state index in [-0.39, 0.29) is 11.9 Å². The van der Waals surface area contributed by atoms with Crippen molar-refractivity contribution < 1.29 is 4.79 Å². The van der Waals surface area contributed by atoms with Crippen LogP contribution in [0.3, 0.4) is 0 Å². The molecular weight excluding hydrogens is 434 g/mol. The van der Waals surface area contributed by atoms with Crippen molar-refractivity contribution >= 4 is 40.0 Å². The molecule has 0 aliphatic carbocycles. The fraction of sp³-hybridized carbons (Fsp3) is 0.192. The quantitative estimate of drug-likeness (QED) is 0.391. The SMILES string of the molecule is CC1CNCC1NC(=O)c1ccc(Nc2nc(-c3ccccc3)c3cc(Cl)ccc3n2)cc1. The van der Waals surface area contributed by atoms with E-state index in [0.29, 0.717) is 22.5 Å². The lowest BCUT2D eigenvalue weighted by molar-refractivity contribution is 0.0933. The van der Waals surface area contributed by atoms with Crippen LogP contribution in [0.25, 0.3) is 22.2 Å². The summed E-state index contributed by atoms with van der Waals surface area (Å²) in [5, 5.41) is 11.2. The highest BCUT2D eigenvalue weighted by molar-refractivity contribution is 6.31. The lowest BCUT2D eigenvalue weighted by Crippen LogP contribution is -2.39. The lowest BCUT2D eigenvalue weighted by atomic mass is 10.1. The molecule has 1 amide bonds. The fourth-order valence-electron chi connectivity index (χ4n) is 4.06. The van der Waals surface area contributed by atoms with Gasteiger partial charge in [0.05, 0.1) is 11.2 Å². The van der Waals surface area contributed by atoms with Crippen LogP contribution in [-0.2, 0) is 0 Å². The summed E-state index contributed by atoms with van der Waals surface area (Å²) in [6.45, 7) is 3.87. The van der Waals surface area contributed by atoms with E-state index in [2.05, 4.69) is 27.9 Å². The first-order valence-corrected chi connectivity index (χ1v) is 11.4. The number of carbonyl (C=O) groups excluding carboxylic acids is 1. The van der Waals surface area contributed by atoms with Gasteiger partial charge in [-0.25, -0.2) is 9.97 Å². The van der Waals surface area contributed by atoms with Gasteiger partial charge in [0, 0.05) is 39.8 Å². The van der Waals surface area contributed by atoms with E-state index in [9.17, 15) is 4.79 Å². The molecule has 1 saturated heterocycles. The Bertz CT molecular complexity index is 1290. The maximum Gasteiger partial charge on any atom is 0.251 e. The number of anilines is 2. The molecule has 33 heavy (non-hydrogen) atoms. The Morgan fingerprint density at radius 2 is 1.79 bits per heavy atom. The Morgan fingerprint density at radius 1 is 1.00 bits per heavy atom. The number of nitrogens with one attached hydrogen (secondary N) is 3. The molecule has 4 aromatic rings. The summed E-state index contributed by atoms with van der Waals surface area (Å²) in [4.78, 5) is 22.0. The number of fused-ring (bicyclic) bond motifs is 1. The van der Waals surface area contributed by atoms with Gasteiger partial charge < -0.3 is 16.0 Å². The molecule has 0 bridgehead atoms. The fourth-order valence-corrected chi connectivity index (χ4v) is 4.23. The van der Waals surface area contributed by atoms with Crippen LogP contribution in [-0.4, -0.2) is 35.0 Å². The van der Waals surface area contributed by atoms with Gasteiger partial charge in [-0.15, -0.1) is 0 Å². The molecule has 3 aromatic carbocycles. The Hall–Kier alpha value is -3.48. The molecular formula is C26H24ClN5O. The third kappa shape index (κ3) is 4.67. The van der Waals surface area contributed by atoms with Crippen molar-refractivity contribution in [1.82, 2.24) is 20.6 Å². The van der Waals surface area contributed by atoms with Crippen molar-refractivity contribution in [2.45, 2.75) is 13.0 Å². The van der Waals surface area contributed by atoms with E-state index in [1.807, 2.05) is 72.8 Å². The average Bonchev–Trinajstić information content (AvgIpc) is 3.24. The molecule has 6 nitrogen and oxygen atoms in total. The van der Waals surface area contributed by atoms with Crippen molar-refractivity contribution in [3.8, 4) is 11.3 Å². The molecule has 2 atom stereocenters. The molecule has 1 aromatic heterocycles. The summed E-state index contributed by atoms with van der Waals surface area (Å²) in [7, 11) is 0. The van der Waals surface area contributed by atoms with Crippen molar-refractivity contribution in [1.29, 1.82) is 0 Å². The summed E-state index contributed by atoms with van der Waals surface area (Å²) in [5.74, 6) is 0.840. The summed E-state index contributed by atoms with van der Waals surface area (Å²) in [6.07, 6.45) is 0. The number of hydrogen-bond acceptors (Lipinski definition) is 5. The zero-order valence-corrected chi connectivity index (χ0v) is 18.9. The lowest BCUT2D eigenvalue weighted by Gasteiger charge is -2.16. The third-order valence-corrected chi connectivity index (χ3v) is 6.18. The van der Waals surface area contributed by atoms with Gasteiger partial charge in [0.25, 0.3) is 5.91 Å². The number of nitrogens with zero attached hydrogens (tertiary/aromatic N) is 2. The normalized spacial score (nSPS) is 17.8. The van der Waals surface area contributed by atoms with Gasteiger partial charge in [0.15, 0.2) is 0 Å². The van der Waals surface area contributed by atoms with Crippen LogP contribution in [0.15, 0.2) is 72.8 Å². The number of halogens is 1. The standard InChI is InChI=1S/C26H24ClN5O/c1-16-14-28-15-23(16)30-25(33)18-7-10-20(11-8-18)29-26-31-22-12-9-19(27)13-21(22)24(32-26)17-5-3-2-4-6-17/h2-13,16,23,28H,14-15H2,1H3,(H,30,33)(H,29,31,32). The Labute approximate surface area is 197 Å². The molecule has 0 saturated carbocycles. The summed E-state index contributed by atoms with van der Waals surface area (Å²) in [6, 6.07) is 23.1. The molecule has 2 heterocycles. The third-order valence-electron chi connectivity index (χ3n) is 5.94. The van der Waals surface area contributed by atoms with Crippen LogP contribution in [0, 0.1) is 5.92 Å². The maximum absolute atomic E-state index is 12.6. The highest BCUT2D eigenvalue weighted by Gasteiger charge is 2.24. The first-order valence-electron chi connectivity index (χ1n) is 11.0. The Balaban J connectivity index is 1.40. The van der Waals surface area contributed by atoms with Crippen LogP contribution < -0.4 is 16.0 Å². The van der Waals surface area contributed by atoms with Gasteiger partial charge in [-0.05, 0) is 54.9 Å². The first kappa shape index (κ1) is 21.4. The molecule has 1 fully saturated rings. The van der Waals surface area contributed by atoms with Gasteiger partial charge in [-0.2, -0.15) is 0 Å². The topological polar surface area (TPSA) is 78.9 Å². The zero-order valence-electron chi connectivity index (χ0n) is 18.2. The molecule has 0 radical (unpaired) electrons. The van der Waals surface area contributed by atoms with Gasteiger partial charge in [0.2, 0.25) is 5.95 Å². The largest absolute Gasteiger partial charge is 0.348 e. The van der Waals surface area contributed by atoms with Crippen molar-refractivity contribution in [3.05, 3.63) is 83.4 Å². The zero-order chi connectivity index (χ0) is 22.8. The minimum Gasteiger partial charge on any atom is -0.348 e. The minimum atomic E-state index is -0.0627. The molecule has 166 valence electrons. The molecule has 1 aliphatic heterocycles. The number of hydrogen-bond donors (Lipinski definition) is 3. The van der Waals surface area contributed by atoms with E-state index in [1.54, 1.807) is 0 Å². The van der Waals surface area contributed by atoms with Gasteiger partial charge >= 0.3 is 0 Å².